The first-order valence-electron chi connectivity index (χ1n) is 4.82. The summed E-state index contributed by atoms with van der Waals surface area (Å²) in [6.45, 7) is 0. The number of rotatable bonds is 3. The molecule has 1 aromatic carbocycles. The van der Waals surface area contributed by atoms with Gasteiger partial charge in [0.05, 0.1) is 10.8 Å². The van der Waals surface area contributed by atoms with Crippen LogP contribution in [0.25, 0.3) is 0 Å². The largest absolute Gasteiger partial charge is 0.217 e. The lowest BCUT2D eigenvalue weighted by molar-refractivity contribution is 0.612. The SMILES string of the molecule is Fc1c(Cl)nc(CSc2ccccc2Cl)nc1Cl. The van der Waals surface area contributed by atoms with Crippen molar-refractivity contribution >= 4 is 46.6 Å². The molecule has 0 unspecified atom stereocenters. The van der Waals surface area contributed by atoms with Gasteiger partial charge in [-0.2, -0.15) is 0 Å². The third kappa shape index (κ3) is 3.26. The van der Waals surface area contributed by atoms with Gasteiger partial charge in [0.2, 0.25) is 0 Å². The second-order valence-electron chi connectivity index (χ2n) is 3.25. The second-order valence-corrected chi connectivity index (χ2v) is 5.39. The number of nitrogens with zero attached hydrogens (tertiary/aromatic N) is 2. The molecule has 0 radical (unpaired) electrons. The van der Waals surface area contributed by atoms with Gasteiger partial charge in [0, 0.05) is 4.90 Å². The van der Waals surface area contributed by atoms with Crippen molar-refractivity contribution in [2.45, 2.75) is 10.6 Å². The van der Waals surface area contributed by atoms with Crippen LogP contribution >= 0.6 is 46.6 Å². The molecule has 2 aromatic rings. The zero-order valence-electron chi connectivity index (χ0n) is 8.83. The molecule has 18 heavy (non-hydrogen) atoms. The van der Waals surface area contributed by atoms with Gasteiger partial charge < -0.3 is 0 Å². The van der Waals surface area contributed by atoms with E-state index in [0.29, 0.717) is 16.6 Å². The highest BCUT2D eigenvalue weighted by atomic mass is 35.5. The Labute approximate surface area is 122 Å². The van der Waals surface area contributed by atoms with E-state index in [0.717, 1.165) is 4.90 Å². The minimum absolute atomic E-state index is 0.273. The molecule has 2 nitrogen and oxygen atoms in total. The molecule has 0 saturated carbocycles. The summed E-state index contributed by atoms with van der Waals surface area (Å²) in [6.07, 6.45) is 0. The number of thioether (sulfide) groups is 1. The van der Waals surface area contributed by atoms with Crippen molar-refractivity contribution in [3.8, 4) is 0 Å². The van der Waals surface area contributed by atoms with Gasteiger partial charge in [0.25, 0.3) is 0 Å². The molecular formula is C11H6Cl3FN2S. The standard InChI is InChI=1S/C11H6Cl3FN2S/c12-6-3-1-2-4-7(6)18-5-8-16-10(13)9(15)11(14)17-8/h1-4H,5H2. The number of aromatic nitrogens is 2. The highest BCUT2D eigenvalue weighted by Gasteiger charge is 2.11. The van der Waals surface area contributed by atoms with Crippen molar-refractivity contribution in [2.24, 2.45) is 0 Å². The molecule has 0 fully saturated rings. The van der Waals surface area contributed by atoms with Gasteiger partial charge in [-0.3, -0.25) is 0 Å². The maximum Gasteiger partial charge on any atom is 0.197 e. The van der Waals surface area contributed by atoms with E-state index < -0.39 is 5.82 Å². The minimum Gasteiger partial charge on any atom is -0.217 e. The van der Waals surface area contributed by atoms with E-state index in [1.807, 2.05) is 18.2 Å². The van der Waals surface area contributed by atoms with Crippen molar-refractivity contribution in [3.05, 3.63) is 51.2 Å². The molecule has 0 atom stereocenters. The van der Waals surface area contributed by atoms with Crippen LogP contribution in [0.1, 0.15) is 5.82 Å². The third-order valence-electron chi connectivity index (χ3n) is 2.01. The van der Waals surface area contributed by atoms with Gasteiger partial charge in [-0.15, -0.1) is 11.8 Å². The van der Waals surface area contributed by atoms with E-state index in [-0.39, 0.29) is 10.3 Å². The van der Waals surface area contributed by atoms with Gasteiger partial charge in [-0.05, 0) is 12.1 Å². The first-order chi connectivity index (χ1) is 8.58. The average Bonchev–Trinajstić information content (AvgIpc) is 2.35. The van der Waals surface area contributed by atoms with Crippen LogP contribution in [0.15, 0.2) is 29.2 Å². The summed E-state index contributed by atoms with van der Waals surface area (Å²) in [5.74, 6) is -0.0372. The predicted octanol–water partition coefficient (Wildman–Crippen LogP) is 4.87. The van der Waals surface area contributed by atoms with E-state index in [1.165, 1.54) is 11.8 Å². The van der Waals surface area contributed by atoms with Crippen molar-refractivity contribution in [3.63, 3.8) is 0 Å². The Morgan fingerprint density at radius 3 is 2.28 bits per heavy atom. The molecular weight excluding hydrogens is 318 g/mol. The molecule has 0 N–H and O–H groups in total. The monoisotopic (exact) mass is 322 g/mol. The zero-order chi connectivity index (χ0) is 13.1. The molecule has 0 aliphatic carbocycles. The summed E-state index contributed by atoms with van der Waals surface area (Å²) < 4.78 is 13.1. The minimum atomic E-state index is -0.801. The summed E-state index contributed by atoms with van der Waals surface area (Å²) >= 11 is 18.6. The normalized spacial score (nSPS) is 10.7. The van der Waals surface area contributed by atoms with Crippen molar-refractivity contribution in [2.75, 3.05) is 0 Å². The zero-order valence-corrected chi connectivity index (χ0v) is 11.9. The Morgan fingerprint density at radius 1 is 1.06 bits per heavy atom. The molecule has 0 aliphatic rings. The molecule has 0 amide bonds. The summed E-state index contributed by atoms with van der Waals surface area (Å²) in [6, 6.07) is 7.38. The fraction of sp³-hybridized carbons (Fsp3) is 0.0909. The Hall–Kier alpha value is -0.550. The molecule has 1 heterocycles. The van der Waals surface area contributed by atoms with Crippen LogP contribution in [0.4, 0.5) is 4.39 Å². The van der Waals surface area contributed by atoms with Crippen molar-refractivity contribution in [1.29, 1.82) is 0 Å². The topological polar surface area (TPSA) is 25.8 Å². The highest BCUT2D eigenvalue weighted by Crippen LogP contribution is 2.29. The lowest BCUT2D eigenvalue weighted by Crippen LogP contribution is -1.97. The first-order valence-corrected chi connectivity index (χ1v) is 6.94. The molecule has 0 aliphatic heterocycles. The summed E-state index contributed by atoms with van der Waals surface area (Å²) in [7, 11) is 0. The van der Waals surface area contributed by atoms with E-state index in [2.05, 4.69) is 9.97 Å². The highest BCUT2D eigenvalue weighted by molar-refractivity contribution is 7.98. The number of hydrogen-bond acceptors (Lipinski definition) is 3. The second kappa shape index (κ2) is 6.06. The molecule has 7 heteroatoms. The molecule has 0 spiro atoms. The maximum absolute atomic E-state index is 13.1. The van der Waals surface area contributed by atoms with E-state index in [1.54, 1.807) is 6.07 Å². The van der Waals surface area contributed by atoms with Crippen molar-refractivity contribution in [1.82, 2.24) is 9.97 Å². The Balaban J connectivity index is 2.14. The van der Waals surface area contributed by atoms with Gasteiger partial charge >= 0.3 is 0 Å². The number of hydrogen-bond donors (Lipinski definition) is 0. The van der Waals surface area contributed by atoms with Crippen LogP contribution in [0.5, 0.6) is 0 Å². The average molecular weight is 324 g/mol. The van der Waals surface area contributed by atoms with Gasteiger partial charge in [-0.1, -0.05) is 46.9 Å². The van der Waals surface area contributed by atoms with Crippen LogP contribution in [0, 0.1) is 5.82 Å². The quantitative estimate of drug-likeness (QED) is 0.595. The van der Waals surface area contributed by atoms with E-state index >= 15 is 0 Å². The van der Waals surface area contributed by atoms with Gasteiger partial charge in [0.1, 0.15) is 5.82 Å². The summed E-state index contributed by atoms with van der Waals surface area (Å²) in [5, 5.41) is 0.0938. The number of benzene rings is 1. The predicted molar refractivity (Wildman–Crippen MR) is 73.0 cm³/mol. The molecule has 0 saturated heterocycles. The third-order valence-corrected chi connectivity index (χ3v) is 4.02. The van der Waals surface area contributed by atoms with E-state index in [4.69, 9.17) is 34.8 Å². The van der Waals surface area contributed by atoms with Gasteiger partial charge in [0.15, 0.2) is 16.1 Å². The smallest absolute Gasteiger partial charge is 0.197 e. The van der Waals surface area contributed by atoms with Crippen LogP contribution in [0.3, 0.4) is 0 Å². The van der Waals surface area contributed by atoms with Crippen LogP contribution in [0.2, 0.25) is 15.3 Å². The first kappa shape index (κ1) is 13.9. The Kier molecular flexibility index (Phi) is 4.67. The van der Waals surface area contributed by atoms with Crippen molar-refractivity contribution < 1.29 is 4.39 Å². The van der Waals surface area contributed by atoms with Gasteiger partial charge in [-0.25, -0.2) is 14.4 Å². The summed E-state index contributed by atoms with van der Waals surface area (Å²) in [5.41, 5.74) is 0. The molecule has 1 aromatic heterocycles. The fourth-order valence-corrected chi connectivity index (χ4v) is 2.72. The summed E-state index contributed by atoms with van der Waals surface area (Å²) in [4.78, 5) is 8.51. The molecule has 2 rings (SSSR count). The number of halogens is 4. The maximum atomic E-state index is 13.1. The Morgan fingerprint density at radius 2 is 1.67 bits per heavy atom. The molecule has 94 valence electrons. The van der Waals surface area contributed by atoms with E-state index in [9.17, 15) is 4.39 Å². The molecule has 0 bridgehead atoms. The van der Waals surface area contributed by atoms with Crippen LogP contribution in [-0.2, 0) is 5.75 Å². The Bertz CT molecular complexity index is 557. The lowest BCUT2D eigenvalue weighted by Gasteiger charge is -2.04. The lowest BCUT2D eigenvalue weighted by atomic mass is 10.4. The van der Waals surface area contributed by atoms with Crippen LogP contribution < -0.4 is 0 Å². The fourth-order valence-electron chi connectivity index (χ4n) is 1.20. The van der Waals surface area contributed by atoms with Crippen LogP contribution in [-0.4, -0.2) is 9.97 Å².